The van der Waals surface area contributed by atoms with Crippen LogP contribution in [0.4, 0.5) is 5.69 Å². The summed E-state index contributed by atoms with van der Waals surface area (Å²) in [6, 6.07) is 5.79. The molecule has 0 radical (unpaired) electrons. The fourth-order valence-electron chi connectivity index (χ4n) is 2.43. The van der Waals surface area contributed by atoms with Crippen molar-refractivity contribution in [3.8, 4) is 0 Å². The molecule has 2 nitrogen and oxygen atoms in total. The van der Waals surface area contributed by atoms with Crippen molar-refractivity contribution in [1.29, 1.82) is 0 Å². The van der Waals surface area contributed by atoms with E-state index in [0.29, 0.717) is 5.02 Å². The average Bonchev–Trinajstić information content (AvgIpc) is 2.35. The molecule has 0 atom stereocenters. The molecule has 2 rings (SSSR count). The van der Waals surface area contributed by atoms with E-state index in [1.807, 2.05) is 18.2 Å². The van der Waals surface area contributed by atoms with Gasteiger partial charge in [-0.15, -0.1) is 0 Å². The molecule has 1 aliphatic carbocycles. The van der Waals surface area contributed by atoms with Crippen molar-refractivity contribution in [2.45, 2.75) is 37.6 Å². The highest BCUT2D eigenvalue weighted by Crippen LogP contribution is 2.33. The zero-order valence-corrected chi connectivity index (χ0v) is 12.0. The second kappa shape index (κ2) is 5.59. The van der Waals surface area contributed by atoms with Crippen molar-refractivity contribution in [3.05, 3.63) is 27.7 Å². The van der Waals surface area contributed by atoms with Crippen LogP contribution in [0.5, 0.6) is 0 Å². The minimum absolute atomic E-state index is 0.147. The Morgan fingerprint density at radius 2 is 2.00 bits per heavy atom. The molecular weight excluding hydrogens is 302 g/mol. The third-order valence-electron chi connectivity index (χ3n) is 3.44. The molecule has 0 saturated heterocycles. The van der Waals surface area contributed by atoms with Crippen LogP contribution in [0.15, 0.2) is 22.7 Å². The molecule has 1 saturated carbocycles. The van der Waals surface area contributed by atoms with E-state index in [1.165, 1.54) is 19.3 Å². The number of aliphatic hydroxyl groups is 1. The van der Waals surface area contributed by atoms with E-state index in [9.17, 15) is 5.11 Å². The van der Waals surface area contributed by atoms with Crippen LogP contribution in [0, 0.1) is 0 Å². The number of benzene rings is 1. The molecule has 0 aromatic heterocycles. The maximum Gasteiger partial charge on any atom is 0.0661 e. The molecular formula is C13H17BrClNO. The Kier molecular flexibility index (Phi) is 4.34. The molecule has 2 N–H and O–H groups in total. The van der Waals surface area contributed by atoms with Gasteiger partial charge < -0.3 is 10.4 Å². The maximum atomic E-state index is 9.63. The van der Waals surface area contributed by atoms with Gasteiger partial charge in [0.05, 0.1) is 17.2 Å². The van der Waals surface area contributed by atoms with Crippen LogP contribution in [0.1, 0.15) is 32.1 Å². The molecule has 17 heavy (non-hydrogen) atoms. The number of nitrogens with one attached hydrogen (secondary N) is 1. The Labute approximate surface area is 115 Å². The summed E-state index contributed by atoms with van der Waals surface area (Å²) in [5.74, 6) is 0. The van der Waals surface area contributed by atoms with Crippen LogP contribution < -0.4 is 5.32 Å². The zero-order chi connectivity index (χ0) is 12.3. The second-order valence-corrected chi connectivity index (χ2v) is 6.01. The lowest BCUT2D eigenvalue weighted by Gasteiger charge is -2.37. The smallest absolute Gasteiger partial charge is 0.0661 e. The number of halogens is 2. The monoisotopic (exact) mass is 317 g/mol. The van der Waals surface area contributed by atoms with Gasteiger partial charge in [-0.1, -0.05) is 30.9 Å². The van der Waals surface area contributed by atoms with Crippen molar-refractivity contribution < 1.29 is 5.11 Å². The van der Waals surface area contributed by atoms with Gasteiger partial charge in [0.1, 0.15) is 0 Å². The Morgan fingerprint density at radius 1 is 1.29 bits per heavy atom. The van der Waals surface area contributed by atoms with Gasteiger partial charge in [0, 0.05) is 10.2 Å². The van der Waals surface area contributed by atoms with E-state index in [2.05, 4.69) is 21.2 Å². The first-order valence-corrected chi connectivity index (χ1v) is 7.16. The molecule has 1 aromatic carbocycles. The Hall–Kier alpha value is -0.250. The van der Waals surface area contributed by atoms with E-state index >= 15 is 0 Å². The summed E-state index contributed by atoms with van der Waals surface area (Å²) >= 11 is 9.38. The molecule has 0 bridgehead atoms. The van der Waals surface area contributed by atoms with E-state index < -0.39 is 0 Å². The predicted molar refractivity (Wildman–Crippen MR) is 75.7 cm³/mol. The van der Waals surface area contributed by atoms with E-state index in [-0.39, 0.29) is 12.1 Å². The van der Waals surface area contributed by atoms with Crippen molar-refractivity contribution in [3.63, 3.8) is 0 Å². The molecule has 0 amide bonds. The van der Waals surface area contributed by atoms with Crippen LogP contribution in [0.3, 0.4) is 0 Å². The van der Waals surface area contributed by atoms with Gasteiger partial charge >= 0.3 is 0 Å². The van der Waals surface area contributed by atoms with Gasteiger partial charge in [0.2, 0.25) is 0 Å². The standard InChI is InChI=1S/C13H17BrClNO/c14-11-8-10(4-5-12(11)15)16-13(9-17)6-2-1-3-7-13/h4-5,8,16-17H,1-3,6-7,9H2. The van der Waals surface area contributed by atoms with Crippen molar-refractivity contribution in [2.24, 2.45) is 0 Å². The zero-order valence-electron chi connectivity index (χ0n) is 9.68. The first kappa shape index (κ1) is 13.2. The predicted octanol–water partition coefficient (Wildman–Crippen LogP) is 4.21. The van der Waals surface area contributed by atoms with Crippen molar-refractivity contribution in [1.82, 2.24) is 0 Å². The lowest BCUT2D eigenvalue weighted by molar-refractivity contribution is 0.173. The first-order valence-electron chi connectivity index (χ1n) is 5.99. The summed E-state index contributed by atoms with van der Waals surface area (Å²) in [7, 11) is 0. The third-order valence-corrected chi connectivity index (χ3v) is 4.66. The lowest BCUT2D eigenvalue weighted by Crippen LogP contribution is -2.43. The highest BCUT2D eigenvalue weighted by molar-refractivity contribution is 9.10. The first-order chi connectivity index (χ1) is 8.15. The van der Waals surface area contributed by atoms with Crippen molar-refractivity contribution in [2.75, 3.05) is 11.9 Å². The van der Waals surface area contributed by atoms with Crippen molar-refractivity contribution >= 4 is 33.2 Å². The lowest BCUT2D eigenvalue weighted by atomic mass is 9.82. The maximum absolute atomic E-state index is 9.63. The highest BCUT2D eigenvalue weighted by atomic mass is 79.9. The Bertz CT molecular complexity index is 391. The summed E-state index contributed by atoms with van der Waals surface area (Å²) < 4.78 is 0.882. The van der Waals surface area contributed by atoms with Crippen LogP contribution in [0.2, 0.25) is 5.02 Å². The number of hydrogen-bond donors (Lipinski definition) is 2. The van der Waals surface area contributed by atoms with Gasteiger partial charge in [-0.05, 0) is 47.0 Å². The minimum Gasteiger partial charge on any atom is -0.394 e. The largest absolute Gasteiger partial charge is 0.394 e. The quantitative estimate of drug-likeness (QED) is 0.875. The number of rotatable bonds is 3. The van der Waals surface area contributed by atoms with E-state index in [0.717, 1.165) is 23.0 Å². The van der Waals surface area contributed by atoms with Gasteiger partial charge in [0.15, 0.2) is 0 Å². The molecule has 0 unspecified atom stereocenters. The highest BCUT2D eigenvalue weighted by Gasteiger charge is 2.31. The van der Waals surface area contributed by atoms with Gasteiger partial charge in [-0.25, -0.2) is 0 Å². The fraction of sp³-hybridized carbons (Fsp3) is 0.538. The topological polar surface area (TPSA) is 32.3 Å². The third kappa shape index (κ3) is 3.15. The van der Waals surface area contributed by atoms with Gasteiger partial charge in [-0.2, -0.15) is 0 Å². The van der Waals surface area contributed by atoms with E-state index in [4.69, 9.17) is 11.6 Å². The summed E-state index contributed by atoms with van der Waals surface area (Å²) in [5, 5.41) is 13.8. The molecule has 1 aliphatic rings. The van der Waals surface area contributed by atoms with Crippen LogP contribution in [-0.4, -0.2) is 17.3 Å². The van der Waals surface area contributed by atoms with Crippen LogP contribution >= 0.6 is 27.5 Å². The molecule has 0 heterocycles. The molecule has 4 heteroatoms. The number of hydrogen-bond acceptors (Lipinski definition) is 2. The Morgan fingerprint density at radius 3 is 2.59 bits per heavy atom. The molecule has 94 valence electrons. The molecule has 0 spiro atoms. The average molecular weight is 319 g/mol. The Balaban J connectivity index is 2.14. The van der Waals surface area contributed by atoms with Gasteiger partial charge in [-0.3, -0.25) is 0 Å². The van der Waals surface area contributed by atoms with E-state index in [1.54, 1.807) is 0 Å². The summed E-state index contributed by atoms with van der Waals surface area (Å²) in [6.07, 6.45) is 5.70. The SMILES string of the molecule is OCC1(Nc2ccc(Cl)c(Br)c2)CCCCC1. The fourth-order valence-corrected chi connectivity index (χ4v) is 2.93. The van der Waals surface area contributed by atoms with Crippen LogP contribution in [-0.2, 0) is 0 Å². The van der Waals surface area contributed by atoms with Crippen LogP contribution in [0.25, 0.3) is 0 Å². The molecule has 1 fully saturated rings. The number of aliphatic hydroxyl groups excluding tert-OH is 1. The van der Waals surface area contributed by atoms with Gasteiger partial charge in [0.25, 0.3) is 0 Å². The molecule has 1 aromatic rings. The normalized spacial score (nSPS) is 19.0. The summed E-state index contributed by atoms with van der Waals surface area (Å²) in [5.41, 5.74) is 0.864. The minimum atomic E-state index is -0.147. The summed E-state index contributed by atoms with van der Waals surface area (Å²) in [6.45, 7) is 0.188. The molecule has 0 aliphatic heterocycles. The number of anilines is 1. The summed E-state index contributed by atoms with van der Waals surface area (Å²) in [4.78, 5) is 0. The second-order valence-electron chi connectivity index (χ2n) is 4.75.